The van der Waals surface area contributed by atoms with E-state index in [4.69, 9.17) is 0 Å². The third kappa shape index (κ3) is 3.66. The molecule has 1 N–H and O–H groups in total. The van der Waals surface area contributed by atoms with Gasteiger partial charge in [0.05, 0.1) is 5.69 Å². The van der Waals surface area contributed by atoms with Crippen LogP contribution in [0.25, 0.3) is 11.3 Å². The summed E-state index contributed by atoms with van der Waals surface area (Å²) in [6.07, 6.45) is 1.97. The van der Waals surface area contributed by atoms with Gasteiger partial charge >= 0.3 is 0 Å². The zero-order valence-corrected chi connectivity index (χ0v) is 14.8. The predicted octanol–water partition coefficient (Wildman–Crippen LogP) is 5.23. The number of anilines is 1. The molecule has 3 aromatic rings. The molecular weight excluding hydrogens is 343 g/mol. The summed E-state index contributed by atoms with van der Waals surface area (Å²) in [6, 6.07) is 12.0. The van der Waals surface area contributed by atoms with E-state index in [1.165, 1.54) is 23.5 Å². The summed E-state index contributed by atoms with van der Waals surface area (Å²) < 4.78 is 13.3. The minimum Gasteiger partial charge on any atom is -0.298 e. The van der Waals surface area contributed by atoms with Gasteiger partial charge in [0.15, 0.2) is 5.13 Å². The number of carbonyl (C=O) groups excluding carboxylic acids is 1. The normalized spacial score (nSPS) is 10.6. The van der Waals surface area contributed by atoms with Crippen molar-refractivity contribution in [3.8, 4) is 11.3 Å². The Morgan fingerprint density at radius 2 is 2.08 bits per heavy atom. The average molecular weight is 358 g/mol. The van der Waals surface area contributed by atoms with Gasteiger partial charge in [-0.25, -0.2) is 9.37 Å². The lowest BCUT2D eigenvalue weighted by atomic mass is 10.1. The fraction of sp³-hybridized carbons (Fsp3) is 0.111. The fourth-order valence-corrected chi connectivity index (χ4v) is 3.40. The minimum absolute atomic E-state index is 0.191. The number of nitrogens with zero attached hydrogens (tertiary/aromatic N) is 1. The van der Waals surface area contributed by atoms with E-state index in [9.17, 15) is 9.18 Å². The lowest BCUT2D eigenvalue weighted by Gasteiger charge is -2.07. The Morgan fingerprint density at radius 3 is 2.83 bits per heavy atom. The minimum atomic E-state index is -0.310. The van der Waals surface area contributed by atoms with Crippen molar-refractivity contribution in [1.29, 1.82) is 0 Å². The number of thioether (sulfide) groups is 1. The molecule has 0 aliphatic rings. The number of benzene rings is 2. The molecule has 0 spiro atoms. The number of thiazole rings is 1. The van der Waals surface area contributed by atoms with Crippen molar-refractivity contribution in [3.63, 3.8) is 0 Å². The summed E-state index contributed by atoms with van der Waals surface area (Å²) in [5, 5.41) is 5.12. The van der Waals surface area contributed by atoms with Crippen molar-refractivity contribution in [1.82, 2.24) is 4.98 Å². The van der Waals surface area contributed by atoms with Crippen LogP contribution in [0, 0.1) is 12.7 Å². The maximum absolute atomic E-state index is 13.3. The number of rotatable bonds is 4. The number of carbonyl (C=O) groups is 1. The van der Waals surface area contributed by atoms with E-state index in [0.29, 0.717) is 22.0 Å². The first-order valence-electron chi connectivity index (χ1n) is 7.24. The van der Waals surface area contributed by atoms with Crippen LogP contribution in [0.2, 0.25) is 0 Å². The van der Waals surface area contributed by atoms with Gasteiger partial charge in [-0.15, -0.1) is 23.1 Å². The van der Waals surface area contributed by atoms with Crippen molar-refractivity contribution in [2.75, 3.05) is 11.6 Å². The van der Waals surface area contributed by atoms with E-state index in [-0.39, 0.29) is 11.7 Å². The Balaban J connectivity index is 1.81. The van der Waals surface area contributed by atoms with E-state index < -0.39 is 0 Å². The van der Waals surface area contributed by atoms with Crippen molar-refractivity contribution in [2.45, 2.75) is 11.8 Å². The molecule has 3 rings (SSSR count). The molecule has 6 heteroatoms. The molecule has 3 nitrogen and oxygen atoms in total. The highest BCUT2D eigenvalue weighted by molar-refractivity contribution is 7.98. The summed E-state index contributed by atoms with van der Waals surface area (Å²) in [6.45, 7) is 1.90. The van der Waals surface area contributed by atoms with Gasteiger partial charge in [0.25, 0.3) is 5.91 Å². The lowest BCUT2D eigenvalue weighted by molar-refractivity contribution is 0.102. The summed E-state index contributed by atoms with van der Waals surface area (Å²) in [5.74, 6) is -0.501. The van der Waals surface area contributed by atoms with E-state index in [1.54, 1.807) is 29.3 Å². The second-order valence-electron chi connectivity index (χ2n) is 5.18. The van der Waals surface area contributed by atoms with Gasteiger partial charge in [0, 0.05) is 21.4 Å². The first-order chi connectivity index (χ1) is 11.6. The molecule has 2 aromatic carbocycles. The van der Waals surface area contributed by atoms with Gasteiger partial charge < -0.3 is 0 Å². The molecule has 1 heterocycles. The van der Waals surface area contributed by atoms with Crippen LogP contribution in [0.5, 0.6) is 0 Å². The van der Waals surface area contributed by atoms with Crippen molar-refractivity contribution in [2.24, 2.45) is 0 Å². The fourth-order valence-electron chi connectivity index (χ4n) is 2.25. The molecule has 0 fully saturated rings. The molecule has 0 radical (unpaired) electrons. The summed E-state index contributed by atoms with van der Waals surface area (Å²) in [7, 11) is 0. The lowest BCUT2D eigenvalue weighted by Crippen LogP contribution is -2.13. The van der Waals surface area contributed by atoms with E-state index in [0.717, 1.165) is 10.5 Å². The molecule has 0 atom stereocenters. The monoisotopic (exact) mass is 358 g/mol. The molecule has 1 aromatic heterocycles. The summed E-state index contributed by atoms with van der Waals surface area (Å²) >= 11 is 2.91. The van der Waals surface area contributed by atoms with Crippen LogP contribution in [0.15, 0.2) is 52.7 Å². The number of hydrogen-bond acceptors (Lipinski definition) is 4. The SMILES string of the molecule is CSc1ccc(C)c(C(=O)Nc2nc(-c3cccc(F)c3)cs2)c1. The highest BCUT2D eigenvalue weighted by Gasteiger charge is 2.13. The van der Waals surface area contributed by atoms with E-state index >= 15 is 0 Å². The van der Waals surface area contributed by atoms with Crippen molar-refractivity contribution < 1.29 is 9.18 Å². The topological polar surface area (TPSA) is 42.0 Å². The molecule has 0 unspecified atom stereocenters. The number of amides is 1. The quantitative estimate of drug-likeness (QED) is 0.649. The van der Waals surface area contributed by atoms with Crippen LogP contribution in [-0.2, 0) is 0 Å². The highest BCUT2D eigenvalue weighted by atomic mass is 32.2. The molecule has 0 aliphatic carbocycles. The number of halogens is 1. The van der Waals surface area contributed by atoms with Crippen LogP contribution in [-0.4, -0.2) is 17.1 Å². The number of nitrogens with one attached hydrogen (secondary N) is 1. The first-order valence-corrected chi connectivity index (χ1v) is 9.34. The van der Waals surface area contributed by atoms with Gasteiger partial charge in [0.2, 0.25) is 0 Å². The van der Waals surface area contributed by atoms with E-state index in [1.807, 2.05) is 31.4 Å². The van der Waals surface area contributed by atoms with E-state index in [2.05, 4.69) is 10.3 Å². The second-order valence-corrected chi connectivity index (χ2v) is 6.92. The summed E-state index contributed by atoms with van der Waals surface area (Å²) in [5.41, 5.74) is 2.87. The molecule has 0 aliphatic heterocycles. The molecule has 0 saturated carbocycles. The average Bonchev–Trinajstić information content (AvgIpc) is 3.03. The van der Waals surface area contributed by atoms with Gasteiger partial charge in [-0.2, -0.15) is 0 Å². The third-order valence-corrected chi connectivity index (χ3v) is 5.02. The van der Waals surface area contributed by atoms with Gasteiger partial charge in [-0.3, -0.25) is 10.1 Å². The van der Waals surface area contributed by atoms with Crippen LogP contribution >= 0.6 is 23.1 Å². The van der Waals surface area contributed by atoms with Crippen LogP contribution in [0.1, 0.15) is 15.9 Å². The Bertz CT molecular complexity index is 892. The number of aryl methyl sites for hydroxylation is 1. The zero-order valence-electron chi connectivity index (χ0n) is 13.2. The van der Waals surface area contributed by atoms with Crippen LogP contribution < -0.4 is 5.32 Å². The highest BCUT2D eigenvalue weighted by Crippen LogP contribution is 2.26. The standard InChI is InChI=1S/C18H15FN2OS2/c1-11-6-7-14(23-2)9-15(11)17(22)21-18-20-16(10-24-18)12-4-3-5-13(19)8-12/h3-10H,1-2H3,(H,20,21,22). The maximum atomic E-state index is 13.3. The Labute approximate surface area is 148 Å². The van der Waals surface area contributed by atoms with Crippen molar-refractivity contribution >= 4 is 34.1 Å². The maximum Gasteiger partial charge on any atom is 0.257 e. The number of aromatic nitrogens is 1. The molecule has 1 amide bonds. The smallest absolute Gasteiger partial charge is 0.257 e. The molecule has 0 saturated heterocycles. The first kappa shape index (κ1) is 16.7. The Morgan fingerprint density at radius 1 is 1.25 bits per heavy atom. The predicted molar refractivity (Wildman–Crippen MR) is 98.4 cm³/mol. The van der Waals surface area contributed by atoms with Gasteiger partial charge in [-0.05, 0) is 43.0 Å². The third-order valence-electron chi connectivity index (χ3n) is 3.53. The van der Waals surface area contributed by atoms with Crippen molar-refractivity contribution in [3.05, 3.63) is 64.8 Å². The van der Waals surface area contributed by atoms with Gasteiger partial charge in [-0.1, -0.05) is 18.2 Å². The molecule has 24 heavy (non-hydrogen) atoms. The molecular formula is C18H15FN2OS2. The Kier molecular flexibility index (Phi) is 4.97. The van der Waals surface area contributed by atoms with Crippen LogP contribution in [0.4, 0.5) is 9.52 Å². The number of hydrogen-bond donors (Lipinski definition) is 1. The Hall–Kier alpha value is -2.18. The largest absolute Gasteiger partial charge is 0.298 e. The second kappa shape index (κ2) is 7.15. The van der Waals surface area contributed by atoms with Gasteiger partial charge in [0.1, 0.15) is 5.82 Å². The molecule has 0 bridgehead atoms. The molecule has 122 valence electrons. The zero-order chi connectivity index (χ0) is 17.1. The summed E-state index contributed by atoms with van der Waals surface area (Å²) in [4.78, 5) is 17.9. The van der Waals surface area contributed by atoms with Crippen LogP contribution in [0.3, 0.4) is 0 Å².